The van der Waals surface area contributed by atoms with E-state index in [1.54, 1.807) is 7.11 Å². The third-order valence-corrected chi connectivity index (χ3v) is 3.72. The number of methoxy groups -OCH3 is 1. The zero-order valence-corrected chi connectivity index (χ0v) is 11.6. The molecule has 0 saturated heterocycles. The average Bonchev–Trinajstić information content (AvgIpc) is 2.39. The number of nitrogens with one attached hydrogen (secondary N) is 1. The van der Waals surface area contributed by atoms with Crippen molar-refractivity contribution >= 4 is 5.91 Å². The Labute approximate surface area is 111 Å². The van der Waals surface area contributed by atoms with Gasteiger partial charge in [0.25, 0.3) is 0 Å². The van der Waals surface area contributed by atoms with Gasteiger partial charge in [-0.2, -0.15) is 0 Å². The fraction of sp³-hybridized carbons (Fsp3) is 0.929. The highest BCUT2D eigenvalue weighted by molar-refractivity contribution is 5.81. The third-order valence-electron chi connectivity index (χ3n) is 3.72. The second-order valence-corrected chi connectivity index (χ2v) is 5.34. The van der Waals surface area contributed by atoms with Crippen LogP contribution in [0.1, 0.15) is 51.4 Å². The van der Waals surface area contributed by atoms with Gasteiger partial charge in [-0.05, 0) is 25.2 Å². The predicted molar refractivity (Wildman–Crippen MR) is 73.3 cm³/mol. The molecule has 0 aliphatic heterocycles. The van der Waals surface area contributed by atoms with Gasteiger partial charge in [0, 0.05) is 20.3 Å². The molecular formula is C14H28N2O2. The van der Waals surface area contributed by atoms with Crippen LogP contribution in [0.25, 0.3) is 0 Å². The van der Waals surface area contributed by atoms with Crippen molar-refractivity contribution < 1.29 is 9.53 Å². The normalized spacial score (nSPS) is 18.6. The Morgan fingerprint density at radius 2 is 2.06 bits per heavy atom. The van der Waals surface area contributed by atoms with Gasteiger partial charge < -0.3 is 15.8 Å². The van der Waals surface area contributed by atoms with E-state index in [9.17, 15) is 4.79 Å². The topological polar surface area (TPSA) is 64.3 Å². The molecule has 106 valence electrons. The summed E-state index contributed by atoms with van der Waals surface area (Å²) >= 11 is 0. The fourth-order valence-electron chi connectivity index (χ4n) is 2.60. The van der Waals surface area contributed by atoms with Gasteiger partial charge in [-0.1, -0.05) is 32.1 Å². The van der Waals surface area contributed by atoms with Crippen LogP contribution in [0.4, 0.5) is 0 Å². The second kappa shape index (κ2) is 9.34. The molecule has 1 unspecified atom stereocenters. The lowest BCUT2D eigenvalue weighted by molar-refractivity contribution is -0.122. The summed E-state index contributed by atoms with van der Waals surface area (Å²) < 4.78 is 4.96. The standard InChI is InChI=1S/C14H28N2O2/c1-18-10-6-5-9-16-14(17)13(15)11-12-7-3-2-4-8-12/h12-13H,2-11,15H2,1H3,(H,16,17). The maximum Gasteiger partial charge on any atom is 0.236 e. The summed E-state index contributed by atoms with van der Waals surface area (Å²) in [4.78, 5) is 11.8. The van der Waals surface area contributed by atoms with E-state index in [0.29, 0.717) is 12.5 Å². The highest BCUT2D eigenvalue weighted by Crippen LogP contribution is 2.26. The van der Waals surface area contributed by atoms with Gasteiger partial charge in [0.15, 0.2) is 0 Å². The molecule has 0 aromatic carbocycles. The van der Waals surface area contributed by atoms with E-state index in [1.807, 2.05) is 0 Å². The zero-order valence-electron chi connectivity index (χ0n) is 11.6. The maximum atomic E-state index is 11.8. The largest absolute Gasteiger partial charge is 0.385 e. The minimum Gasteiger partial charge on any atom is -0.385 e. The Morgan fingerprint density at radius 1 is 1.33 bits per heavy atom. The summed E-state index contributed by atoms with van der Waals surface area (Å²) in [6.45, 7) is 1.46. The number of unbranched alkanes of at least 4 members (excludes halogenated alkanes) is 1. The van der Waals surface area contributed by atoms with Crippen LogP contribution in [0.15, 0.2) is 0 Å². The molecule has 1 atom stereocenters. The zero-order chi connectivity index (χ0) is 13.2. The van der Waals surface area contributed by atoms with Crippen LogP contribution < -0.4 is 11.1 Å². The van der Waals surface area contributed by atoms with Crippen LogP contribution in [0, 0.1) is 5.92 Å². The van der Waals surface area contributed by atoms with Crippen molar-refractivity contribution in [2.75, 3.05) is 20.3 Å². The molecule has 0 aromatic heterocycles. The number of nitrogens with two attached hydrogens (primary N) is 1. The van der Waals surface area contributed by atoms with Crippen LogP contribution in [0.2, 0.25) is 0 Å². The summed E-state index contributed by atoms with van der Waals surface area (Å²) in [5.41, 5.74) is 5.95. The molecule has 0 radical (unpaired) electrons. The highest BCUT2D eigenvalue weighted by atomic mass is 16.5. The number of ether oxygens (including phenoxy) is 1. The molecule has 0 bridgehead atoms. The lowest BCUT2D eigenvalue weighted by Crippen LogP contribution is -2.42. The summed E-state index contributed by atoms with van der Waals surface area (Å²) in [6, 6.07) is -0.324. The number of hydrogen-bond donors (Lipinski definition) is 2. The minimum absolute atomic E-state index is 0.0120. The second-order valence-electron chi connectivity index (χ2n) is 5.34. The molecule has 0 spiro atoms. The lowest BCUT2D eigenvalue weighted by atomic mass is 9.85. The summed E-state index contributed by atoms with van der Waals surface area (Å²) in [7, 11) is 1.69. The number of carbonyl (C=O) groups excluding carboxylic acids is 1. The van der Waals surface area contributed by atoms with Crippen molar-refractivity contribution in [1.29, 1.82) is 0 Å². The predicted octanol–water partition coefficient (Wildman–Crippen LogP) is 1.83. The van der Waals surface area contributed by atoms with Gasteiger partial charge in [0.05, 0.1) is 6.04 Å². The van der Waals surface area contributed by atoms with E-state index in [0.717, 1.165) is 25.9 Å². The third kappa shape index (κ3) is 6.36. The first kappa shape index (κ1) is 15.4. The Bertz CT molecular complexity index is 228. The first-order valence-corrected chi connectivity index (χ1v) is 7.26. The van der Waals surface area contributed by atoms with E-state index < -0.39 is 0 Å². The van der Waals surface area contributed by atoms with Crippen molar-refractivity contribution in [3.8, 4) is 0 Å². The van der Waals surface area contributed by atoms with E-state index in [1.165, 1.54) is 32.1 Å². The molecule has 4 nitrogen and oxygen atoms in total. The van der Waals surface area contributed by atoms with E-state index in [2.05, 4.69) is 5.32 Å². The molecule has 4 heteroatoms. The van der Waals surface area contributed by atoms with Crippen molar-refractivity contribution in [1.82, 2.24) is 5.32 Å². The van der Waals surface area contributed by atoms with E-state index in [4.69, 9.17) is 10.5 Å². The number of rotatable bonds is 8. The average molecular weight is 256 g/mol. The first-order chi connectivity index (χ1) is 8.74. The van der Waals surface area contributed by atoms with Gasteiger partial charge >= 0.3 is 0 Å². The summed E-state index contributed by atoms with van der Waals surface area (Å²) in [5, 5.41) is 2.91. The Hall–Kier alpha value is -0.610. The van der Waals surface area contributed by atoms with Crippen LogP contribution in [-0.4, -0.2) is 32.2 Å². The molecule has 18 heavy (non-hydrogen) atoms. The number of hydrogen-bond acceptors (Lipinski definition) is 3. The maximum absolute atomic E-state index is 11.8. The van der Waals surface area contributed by atoms with Crippen molar-refractivity contribution in [2.45, 2.75) is 57.4 Å². The van der Waals surface area contributed by atoms with Crippen molar-refractivity contribution in [3.05, 3.63) is 0 Å². The van der Waals surface area contributed by atoms with E-state index in [-0.39, 0.29) is 11.9 Å². The summed E-state index contributed by atoms with van der Waals surface area (Å²) in [6.07, 6.45) is 9.22. The van der Waals surface area contributed by atoms with Gasteiger partial charge in [0.1, 0.15) is 0 Å². The van der Waals surface area contributed by atoms with Crippen molar-refractivity contribution in [3.63, 3.8) is 0 Å². The van der Waals surface area contributed by atoms with Crippen LogP contribution in [0.5, 0.6) is 0 Å². The monoisotopic (exact) mass is 256 g/mol. The van der Waals surface area contributed by atoms with Gasteiger partial charge in [-0.25, -0.2) is 0 Å². The Balaban J connectivity index is 2.08. The minimum atomic E-state index is -0.324. The van der Waals surface area contributed by atoms with Crippen LogP contribution in [-0.2, 0) is 9.53 Å². The number of carbonyl (C=O) groups is 1. The molecule has 1 aliphatic carbocycles. The molecule has 1 saturated carbocycles. The quantitative estimate of drug-likeness (QED) is 0.651. The molecule has 3 N–H and O–H groups in total. The lowest BCUT2D eigenvalue weighted by Gasteiger charge is -2.24. The number of amides is 1. The molecule has 0 heterocycles. The van der Waals surface area contributed by atoms with Crippen molar-refractivity contribution in [2.24, 2.45) is 11.7 Å². The first-order valence-electron chi connectivity index (χ1n) is 7.26. The Kier molecular flexibility index (Phi) is 8.01. The van der Waals surface area contributed by atoms with Gasteiger partial charge in [-0.3, -0.25) is 4.79 Å². The van der Waals surface area contributed by atoms with Crippen LogP contribution >= 0.6 is 0 Å². The smallest absolute Gasteiger partial charge is 0.236 e. The van der Waals surface area contributed by atoms with Gasteiger partial charge in [0.2, 0.25) is 5.91 Å². The Morgan fingerprint density at radius 3 is 2.72 bits per heavy atom. The SMILES string of the molecule is COCCCCNC(=O)C(N)CC1CCCCC1. The molecular weight excluding hydrogens is 228 g/mol. The van der Waals surface area contributed by atoms with Gasteiger partial charge in [-0.15, -0.1) is 0 Å². The molecule has 1 rings (SSSR count). The summed E-state index contributed by atoms with van der Waals surface area (Å²) in [5.74, 6) is 0.672. The molecule has 1 aliphatic rings. The van der Waals surface area contributed by atoms with Crippen LogP contribution in [0.3, 0.4) is 0 Å². The molecule has 1 amide bonds. The fourth-order valence-corrected chi connectivity index (χ4v) is 2.60. The molecule has 1 fully saturated rings. The molecule has 0 aromatic rings. The van der Waals surface area contributed by atoms with E-state index >= 15 is 0 Å². The highest BCUT2D eigenvalue weighted by Gasteiger charge is 2.20.